The van der Waals surface area contributed by atoms with Crippen molar-refractivity contribution < 1.29 is 9.72 Å². The fraction of sp³-hybridized carbons (Fsp3) is 0.214. The van der Waals surface area contributed by atoms with Crippen molar-refractivity contribution in [3.05, 3.63) is 52.5 Å². The zero-order chi connectivity index (χ0) is 15.9. The van der Waals surface area contributed by atoms with E-state index in [1.165, 1.54) is 19.1 Å². The first kappa shape index (κ1) is 15.4. The predicted octanol–water partition coefficient (Wildman–Crippen LogP) is 2.11. The number of carbonyl (C=O) groups is 1. The maximum Gasteiger partial charge on any atom is 0.293 e. The summed E-state index contributed by atoms with van der Waals surface area (Å²) in [6.07, 6.45) is 4.73. The lowest BCUT2D eigenvalue weighted by Crippen LogP contribution is -2.15. The van der Waals surface area contributed by atoms with Gasteiger partial charge in [0.25, 0.3) is 5.69 Å². The summed E-state index contributed by atoms with van der Waals surface area (Å²) in [7, 11) is 0. The highest BCUT2D eigenvalue weighted by Gasteiger charge is 2.15. The molecule has 0 saturated heterocycles. The summed E-state index contributed by atoms with van der Waals surface area (Å²) >= 11 is 0. The molecule has 0 saturated carbocycles. The number of carbonyl (C=O) groups excluding carboxylic acids is 1. The summed E-state index contributed by atoms with van der Waals surface area (Å²) < 4.78 is 0. The van der Waals surface area contributed by atoms with Gasteiger partial charge in [0.1, 0.15) is 11.5 Å². The molecule has 8 heteroatoms. The van der Waals surface area contributed by atoms with Crippen molar-refractivity contribution >= 4 is 23.0 Å². The van der Waals surface area contributed by atoms with E-state index in [-0.39, 0.29) is 11.5 Å². The number of nitrogens with one attached hydrogen (secondary N) is 2. The van der Waals surface area contributed by atoms with E-state index >= 15 is 0 Å². The molecule has 0 amide bonds. The molecule has 0 radical (unpaired) electrons. The van der Waals surface area contributed by atoms with Crippen LogP contribution in [0.15, 0.2) is 36.8 Å². The van der Waals surface area contributed by atoms with Crippen LogP contribution in [-0.2, 0) is 0 Å². The Bertz CT molecular complexity index is 675. The highest BCUT2D eigenvalue weighted by molar-refractivity contribution is 5.95. The molecule has 2 N–H and O–H groups in total. The zero-order valence-corrected chi connectivity index (χ0v) is 11.9. The average Bonchev–Trinajstić information content (AvgIpc) is 2.52. The van der Waals surface area contributed by atoms with Gasteiger partial charge in [0, 0.05) is 37.1 Å². The van der Waals surface area contributed by atoms with E-state index in [2.05, 4.69) is 20.6 Å². The molecule has 0 aliphatic carbocycles. The maximum atomic E-state index is 11.3. The Balaban J connectivity index is 1.97. The van der Waals surface area contributed by atoms with Crippen LogP contribution in [0, 0.1) is 10.1 Å². The number of ketones is 1. The molecule has 22 heavy (non-hydrogen) atoms. The Labute approximate surface area is 126 Å². The first-order valence-electron chi connectivity index (χ1n) is 6.61. The van der Waals surface area contributed by atoms with E-state index in [1.54, 1.807) is 24.7 Å². The van der Waals surface area contributed by atoms with Crippen molar-refractivity contribution in [2.24, 2.45) is 0 Å². The Hall–Kier alpha value is -3.03. The minimum Gasteiger partial charge on any atom is -0.378 e. The second-order valence-corrected chi connectivity index (χ2v) is 4.49. The van der Waals surface area contributed by atoms with Crippen LogP contribution in [0.4, 0.5) is 17.2 Å². The van der Waals surface area contributed by atoms with Gasteiger partial charge in [-0.3, -0.25) is 19.9 Å². The van der Waals surface area contributed by atoms with E-state index in [0.29, 0.717) is 30.2 Å². The number of hydrogen-bond acceptors (Lipinski definition) is 7. The number of hydrogen-bond donors (Lipinski definition) is 2. The predicted molar refractivity (Wildman–Crippen MR) is 82.1 cm³/mol. The molecule has 0 atom stereocenters. The third-order valence-electron chi connectivity index (χ3n) is 2.91. The molecule has 8 nitrogen and oxygen atoms in total. The summed E-state index contributed by atoms with van der Waals surface area (Å²) in [6.45, 7) is 2.35. The normalized spacial score (nSPS) is 10.0. The first-order valence-corrected chi connectivity index (χ1v) is 6.61. The lowest BCUT2D eigenvalue weighted by molar-refractivity contribution is -0.384. The molecular formula is C14H15N5O3. The first-order chi connectivity index (χ1) is 10.6. The van der Waals surface area contributed by atoms with Gasteiger partial charge in [0.2, 0.25) is 0 Å². The number of rotatable bonds is 7. The minimum absolute atomic E-state index is 0.118. The topological polar surface area (TPSA) is 110 Å². The Morgan fingerprint density at radius 1 is 1.27 bits per heavy atom. The largest absolute Gasteiger partial charge is 0.378 e. The zero-order valence-electron chi connectivity index (χ0n) is 11.9. The van der Waals surface area contributed by atoms with Gasteiger partial charge >= 0.3 is 0 Å². The number of aromatic nitrogens is 2. The number of nitro benzene ring substituents is 1. The minimum atomic E-state index is -0.509. The van der Waals surface area contributed by atoms with Crippen molar-refractivity contribution in [2.45, 2.75) is 6.92 Å². The van der Waals surface area contributed by atoms with E-state index in [1.807, 2.05) is 0 Å². The number of anilines is 2. The van der Waals surface area contributed by atoms with Gasteiger partial charge in [-0.1, -0.05) is 0 Å². The smallest absolute Gasteiger partial charge is 0.293 e. The van der Waals surface area contributed by atoms with Gasteiger partial charge in [0.05, 0.1) is 11.1 Å². The molecule has 1 aromatic carbocycles. The summed E-state index contributed by atoms with van der Waals surface area (Å²) in [4.78, 5) is 29.8. The Morgan fingerprint density at radius 2 is 2.05 bits per heavy atom. The Morgan fingerprint density at radius 3 is 2.68 bits per heavy atom. The second-order valence-electron chi connectivity index (χ2n) is 4.49. The van der Waals surface area contributed by atoms with Crippen molar-refractivity contribution in [3.8, 4) is 0 Å². The lowest BCUT2D eigenvalue weighted by Gasteiger charge is -2.09. The van der Waals surface area contributed by atoms with Gasteiger partial charge in [-0.05, 0) is 19.1 Å². The third-order valence-corrected chi connectivity index (χ3v) is 2.91. The van der Waals surface area contributed by atoms with E-state index in [9.17, 15) is 14.9 Å². The lowest BCUT2D eigenvalue weighted by atomic mass is 10.1. The molecular weight excluding hydrogens is 286 g/mol. The fourth-order valence-corrected chi connectivity index (χ4v) is 1.83. The highest BCUT2D eigenvalue weighted by Crippen LogP contribution is 2.25. The quantitative estimate of drug-likeness (QED) is 0.349. The van der Waals surface area contributed by atoms with E-state index in [0.717, 1.165) is 0 Å². The van der Waals surface area contributed by atoms with Crippen molar-refractivity contribution in [2.75, 3.05) is 23.7 Å². The SMILES string of the molecule is CC(=O)c1ccc(NCCNc2cnccn2)c([N+](=O)[O-])c1. The second kappa shape index (κ2) is 7.11. The molecule has 0 aliphatic heterocycles. The molecule has 2 aromatic rings. The average molecular weight is 301 g/mol. The number of nitro groups is 1. The molecule has 1 aromatic heterocycles. The standard InChI is InChI=1S/C14H15N5O3/c1-10(20)11-2-3-12(13(8-11)19(21)22)16-6-7-18-14-9-15-4-5-17-14/h2-5,8-9,16H,6-7H2,1H3,(H,17,18). The van der Waals surface area contributed by atoms with Crippen LogP contribution in [0.3, 0.4) is 0 Å². The van der Waals surface area contributed by atoms with Crippen LogP contribution in [0.25, 0.3) is 0 Å². The maximum absolute atomic E-state index is 11.3. The summed E-state index contributed by atoms with van der Waals surface area (Å²) in [5, 5.41) is 17.1. The number of benzene rings is 1. The Kier molecular flexibility index (Phi) is 4.97. The molecule has 0 fully saturated rings. The van der Waals surface area contributed by atoms with Crippen LogP contribution in [0.2, 0.25) is 0 Å². The molecule has 0 unspecified atom stereocenters. The van der Waals surface area contributed by atoms with E-state index in [4.69, 9.17) is 0 Å². The monoisotopic (exact) mass is 301 g/mol. The van der Waals surface area contributed by atoms with Crippen molar-refractivity contribution in [1.29, 1.82) is 0 Å². The molecule has 2 rings (SSSR count). The van der Waals surface area contributed by atoms with Gasteiger partial charge in [-0.25, -0.2) is 4.98 Å². The van der Waals surface area contributed by atoms with Crippen LogP contribution >= 0.6 is 0 Å². The van der Waals surface area contributed by atoms with Crippen LogP contribution < -0.4 is 10.6 Å². The number of Topliss-reactive ketones (excluding diaryl/α,β-unsaturated/α-hetero) is 1. The number of nitrogens with zero attached hydrogens (tertiary/aromatic N) is 3. The van der Waals surface area contributed by atoms with Crippen molar-refractivity contribution in [1.82, 2.24) is 9.97 Å². The van der Waals surface area contributed by atoms with Gasteiger partial charge in [-0.2, -0.15) is 0 Å². The molecule has 1 heterocycles. The van der Waals surface area contributed by atoms with Crippen LogP contribution in [0.1, 0.15) is 17.3 Å². The van der Waals surface area contributed by atoms with Gasteiger partial charge in [-0.15, -0.1) is 0 Å². The molecule has 0 aliphatic rings. The fourth-order valence-electron chi connectivity index (χ4n) is 1.83. The molecule has 0 spiro atoms. The van der Waals surface area contributed by atoms with Crippen LogP contribution in [0.5, 0.6) is 0 Å². The molecule has 0 bridgehead atoms. The van der Waals surface area contributed by atoms with Crippen molar-refractivity contribution in [3.63, 3.8) is 0 Å². The van der Waals surface area contributed by atoms with Gasteiger partial charge < -0.3 is 10.6 Å². The van der Waals surface area contributed by atoms with E-state index < -0.39 is 4.92 Å². The van der Waals surface area contributed by atoms with Gasteiger partial charge in [0.15, 0.2) is 5.78 Å². The summed E-state index contributed by atoms with van der Waals surface area (Å²) in [6, 6.07) is 4.38. The summed E-state index contributed by atoms with van der Waals surface area (Å²) in [5.41, 5.74) is 0.568. The molecule has 114 valence electrons. The third kappa shape index (κ3) is 3.98. The highest BCUT2D eigenvalue weighted by atomic mass is 16.6. The summed E-state index contributed by atoms with van der Waals surface area (Å²) in [5.74, 6) is 0.421. The van der Waals surface area contributed by atoms with Crippen LogP contribution in [-0.4, -0.2) is 33.8 Å².